The lowest BCUT2D eigenvalue weighted by Gasteiger charge is -2.24. The van der Waals surface area contributed by atoms with Gasteiger partial charge in [0.05, 0.1) is 27.7 Å². The summed E-state index contributed by atoms with van der Waals surface area (Å²) in [5, 5.41) is 0. The van der Waals surface area contributed by atoms with E-state index < -0.39 is 26.5 Å². The Morgan fingerprint density at radius 1 is 0.500 bits per heavy atom. The van der Waals surface area contributed by atoms with Crippen LogP contribution in [0.15, 0.2) is 24.3 Å². The molecule has 0 aliphatic carbocycles. The summed E-state index contributed by atoms with van der Waals surface area (Å²) in [6.07, 6.45) is 50.9. The predicted molar refractivity (Wildman–Crippen MR) is 261 cm³/mol. The van der Waals surface area contributed by atoms with Gasteiger partial charge in [-0.2, -0.15) is 0 Å². The Labute approximate surface area is 383 Å². The first kappa shape index (κ1) is 60.5. The minimum atomic E-state index is -4.38. The van der Waals surface area contributed by atoms with Gasteiger partial charge in [0.25, 0.3) is 0 Å². The molecule has 0 heterocycles. The van der Waals surface area contributed by atoms with Crippen LogP contribution in [0, 0.1) is 0 Å². The quantitative estimate of drug-likeness (QED) is 0.0211. The summed E-state index contributed by atoms with van der Waals surface area (Å²) in [6, 6.07) is 0. The first-order chi connectivity index (χ1) is 30.0. The van der Waals surface area contributed by atoms with Crippen molar-refractivity contribution in [3.63, 3.8) is 0 Å². The van der Waals surface area contributed by atoms with Gasteiger partial charge in [-0.1, -0.05) is 212 Å². The zero-order valence-corrected chi connectivity index (χ0v) is 42.3. The highest BCUT2D eigenvalue weighted by Crippen LogP contribution is 2.43. The van der Waals surface area contributed by atoms with Crippen molar-refractivity contribution in [3.05, 3.63) is 24.3 Å². The maximum Gasteiger partial charge on any atom is 0.472 e. The molecule has 0 aromatic rings. The maximum absolute atomic E-state index is 12.8. The molecule has 0 saturated carbocycles. The molecule has 0 amide bonds. The summed E-state index contributed by atoms with van der Waals surface area (Å²) in [4.78, 5) is 35.5. The van der Waals surface area contributed by atoms with Gasteiger partial charge in [0.1, 0.15) is 19.8 Å². The number of rotatable bonds is 48. The van der Waals surface area contributed by atoms with Crippen LogP contribution in [0.4, 0.5) is 0 Å². The van der Waals surface area contributed by atoms with Crippen LogP contribution in [-0.4, -0.2) is 74.9 Å². The lowest BCUT2D eigenvalue weighted by atomic mass is 10.0. The van der Waals surface area contributed by atoms with E-state index in [-0.39, 0.29) is 32.0 Å². The van der Waals surface area contributed by atoms with E-state index in [2.05, 4.69) is 38.2 Å². The molecule has 0 rings (SSSR count). The lowest BCUT2D eigenvalue weighted by molar-refractivity contribution is -0.870. The lowest BCUT2D eigenvalue weighted by Crippen LogP contribution is -2.37. The molecule has 2 atom stereocenters. The van der Waals surface area contributed by atoms with Gasteiger partial charge in [-0.15, -0.1) is 0 Å². The smallest absolute Gasteiger partial charge is 0.462 e. The van der Waals surface area contributed by atoms with Gasteiger partial charge in [0.15, 0.2) is 6.10 Å². The first-order valence-electron chi connectivity index (χ1n) is 26.1. The number of hydrogen-bond donors (Lipinski definition) is 1. The summed E-state index contributed by atoms with van der Waals surface area (Å²) in [7, 11) is 1.48. The number of phosphoric ester groups is 1. The monoisotopic (exact) mass is 899 g/mol. The van der Waals surface area contributed by atoms with Crippen molar-refractivity contribution in [3.8, 4) is 0 Å². The second kappa shape index (κ2) is 44.7. The molecule has 10 heteroatoms. The van der Waals surface area contributed by atoms with E-state index in [1.165, 1.54) is 154 Å². The van der Waals surface area contributed by atoms with Crippen molar-refractivity contribution >= 4 is 19.8 Å². The van der Waals surface area contributed by atoms with E-state index >= 15 is 0 Å². The van der Waals surface area contributed by atoms with Crippen LogP contribution in [0.3, 0.4) is 0 Å². The molecule has 0 saturated heterocycles. The van der Waals surface area contributed by atoms with E-state index in [0.717, 1.165) is 57.8 Å². The van der Waals surface area contributed by atoms with E-state index in [1.807, 2.05) is 21.1 Å². The minimum Gasteiger partial charge on any atom is -0.462 e. The fourth-order valence-electron chi connectivity index (χ4n) is 7.40. The van der Waals surface area contributed by atoms with Crippen molar-refractivity contribution < 1.29 is 42.1 Å². The number of nitrogens with zero attached hydrogens (tertiary/aromatic N) is 1. The molecule has 1 unspecified atom stereocenters. The molecule has 0 aliphatic heterocycles. The molecule has 62 heavy (non-hydrogen) atoms. The summed E-state index contributed by atoms with van der Waals surface area (Å²) >= 11 is 0. The fraction of sp³-hybridized carbons (Fsp3) is 0.885. The van der Waals surface area contributed by atoms with E-state index in [0.29, 0.717) is 17.4 Å². The standard InChI is InChI=1S/C52H100NO8P/c1-6-8-10-12-14-16-18-20-22-23-24-25-26-27-28-29-31-33-35-37-39-41-43-45-52(55)61-50(49-60-62(56,57)59-47-46-53(3,4)5)48-58-51(54)44-42-40-38-36-34-32-30-21-19-17-15-13-11-9-7-2/h15,17,21,30,50H,6-14,16,18-20,22-29,31-49H2,1-5H3/p+1/b17-15+,30-21+/t50-/m1/s1. The summed E-state index contributed by atoms with van der Waals surface area (Å²) in [5.41, 5.74) is 0. The number of carbonyl (C=O) groups is 2. The third-order valence-corrected chi connectivity index (χ3v) is 12.5. The van der Waals surface area contributed by atoms with E-state index in [4.69, 9.17) is 18.5 Å². The number of allylic oxidation sites excluding steroid dienone is 4. The van der Waals surface area contributed by atoms with Crippen molar-refractivity contribution in [2.45, 2.75) is 251 Å². The van der Waals surface area contributed by atoms with Crippen LogP contribution in [0.5, 0.6) is 0 Å². The molecule has 366 valence electrons. The Bertz CT molecular complexity index is 1110. The highest BCUT2D eigenvalue weighted by Gasteiger charge is 2.27. The molecule has 0 bridgehead atoms. The molecule has 0 aromatic carbocycles. The van der Waals surface area contributed by atoms with Crippen molar-refractivity contribution in [2.75, 3.05) is 47.5 Å². The molecule has 0 fully saturated rings. The van der Waals surface area contributed by atoms with Crippen LogP contribution < -0.4 is 0 Å². The van der Waals surface area contributed by atoms with E-state index in [9.17, 15) is 19.0 Å². The number of ether oxygens (including phenoxy) is 2. The van der Waals surface area contributed by atoms with Gasteiger partial charge >= 0.3 is 19.8 Å². The number of hydrogen-bond acceptors (Lipinski definition) is 7. The van der Waals surface area contributed by atoms with E-state index in [1.54, 1.807) is 0 Å². The average Bonchev–Trinajstić information content (AvgIpc) is 3.23. The Morgan fingerprint density at radius 2 is 0.871 bits per heavy atom. The van der Waals surface area contributed by atoms with Gasteiger partial charge in [0.2, 0.25) is 0 Å². The molecule has 0 spiro atoms. The number of phosphoric acid groups is 1. The van der Waals surface area contributed by atoms with Crippen molar-refractivity contribution in [1.82, 2.24) is 0 Å². The Kier molecular flexibility index (Phi) is 43.6. The molecule has 0 aliphatic rings. The Hall–Kier alpha value is -1.51. The van der Waals surface area contributed by atoms with Gasteiger partial charge in [0, 0.05) is 12.8 Å². The predicted octanol–water partition coefficient (Wildman–Crippen LogP) is 15.5. The topological polar surface area (TPSA) is 108 Å². The SMILES string of the molecule is CCCCC/C=C/C/C=C/CCCCCCCC(=O)OC[C@H](COP(=O)(O)OCC[N+](C)(C)C)OC(=O)CCCCCCCCCCCCCCCCCCCCCCCCC. The van der Waals surface area contributed by atoms with Gasteiger partial charge in [-0.25, -0.2) is 4.57 Å². The van der Waals surface area contributed by atoms with Crippen LogP contribution in [0.2, 0.25) is 0 Å². The van der Waals surface area contributed by atoms with Crippen LogP contribution >= 0.6 is 7.82 Å². The fourth-order valence-corrected chi connectivity index (χ4v) is 8.14. The maximum atomic E-state index is 12.8. The second-order valence-corrected chi connectivity index (χ2v) is 20.4. The van der Waals surface area contributed by atoms with Gasteiger partial charge in [-0.3, -0.25) is 18.6 Å². The normalized spacial score (nSPS) is 13.6. The highest BCUT2D eigenvalue weighted by molar-refractivity contribution is 7.47. The summed E-state index contributed by atoms with van der Waals surface area (Å²) < 4.78 is 34.4. The third-order valence-electron chi connectivity index (χ3n) is 11.5. The molecule has 1 N–H and O–H groups in total. The number of quaternary nitrogens is 1. The van der Waals surface area contributed by atoms with Crippen LogP contribution in [0.25, 0.3) is 0 Å². The zero-order chi connectivity index (χ0) is 45.7. The van der Waals surface area contributed by atoms with Gasteiger partial charge < -0.3 is 18.9 Å². The summed E-state index contributed by atoms with van der Waals surface area (Å²) in [6.45, 7) is 4.42. The third kappa shape index (κ3) is 48.0. The summed E-state index contributed by atoms with van der Waals surface area (Å²) in [5.74, 6) is -0.802. The van der Waals surface area contributed by atoms with Crippen LogP contribution in [-0.2, 0) is 32.7 Å². The number of carbonyl (C=O) groups excluding carboxylic acids is 2. The molecular weight excluding hydrogens is 798 g/mol. The number of likely N-dealkylation sites (N-methyl/N-ethyl adjacent to an activating group) is 1. The highest BCUT2D eigenvalue weighted by atomic mass is 31.2. The number of esters is 2. The number of unbranched alkanes of at least 4 members (excludes halogenated alkanes) is 30. The minimum absolute atomic E-state index is 0.0316. The molecule has 9 nitrogen and oxygen atoms in total. The van der Waals surface area contributed by atoms with Crippen molar-refractivity contribution in [2.24, 2.45) is 0 Å². The second-order valence-electron chi connectivity index (χ2n) is 18.9. The molecule has 0 radical (unpaired) electrons. The first-order valence-corrected chi connectivity index (χ1v) is 27.6. The Balaban J connectivity index is 4.19. The van der Waals surface area contributed by atoms with Crippen molar-refractivity contribution in [1.29, 1.82) is 0 Å². The average molecular weight is 899 g/mol. The molecule has 0 aromatic heterocycles. The molecular formula is C52H101NO8P+. The largest absolute Gasteiger partial charge is 0.472 e. The Morgan fingerprint density at radius 3 is 1.31 bits per heavy atom. The zero-order valence-electron chi connectivity index (χ0n) is 41.4. The van der Waals surface area contributed by atoms with Gasteiger partial charge in [-0.05, 0) is 44.9 Å². The van der Waals surface area contributed by atoms with Crippen LogP contribution in [0.1, 0.15) is 245 Å².